The van der Waals surface area contributed by atoms with E-state index in [1.165, 1.54) is 17.5 Å². The fraction of sp³-hybridized carbons (Fsp3) is 0.571. The van der Waals surface area contributed by atoms with Crippen molar-refractivity contribution in [3.05, 3.63) is 57.6 Å². The first-order valence-corrected chi connectivity index (χ1v) is 12.1. The van der Waals surface area contributed by atoms with Crippen molar-refractivity contribution in [1.29, 1.82) is 0 Å². The van der Waals surface area contributed by atoms with Crippen LogP contribution in [0.1, 0.15) is 78.8 Å². The Labute approximate surface area is 194 Å². The van der Waals surface area contributed by atoms with E-state index in [-0.39, 0.29) is 32.3 Å². The lowest BCUT2D eigenvalue weighted by atomic mass is 9.75. The Morgan fingerprint density at radius 3 is 1.59 bits per heavy atom. The van der Waals surface area contributed by atoms with E-state index >= 15 is 0 Å². The molecule has 0 aliphatic carbocycles. The number of aryl methyl sites for hydroxylation is 4. The second-order valence-electron chi connectivity index (χ2n) is 8.93. The number of hydrogen-bond acceptors (Lipinski definition) is 4. The molecule has 0 aliphatic heterocycles. The third-order valence-electron chi connectivity index (χ3n) is 6.17. The zero-order chi connectivity index (χ0) is 23.7. The van der Waals surface area contributed by atoms with Crippen LogP contribution in [-0.2, 0) is 0 Å². The third-order valence-corrected chi connectivity index (χ3v) is 6.17. The van der Waals surface area contributed by atoms with E-state index in [2.05, 4.69) is 65.8 Å². The lowest BCUT2D eigenvalue weighted by molar-refractivity contribution is 0.196. The van der Waals surface area contributed by atoms with E-state index in [9.17, 15) is 10.2 Å². The molecule has 0 bridgehead atoms. The highest BCUT2D eigenvalue weighted by molar-refractivity contribution is 5.54. The van der Waals surface area contributed by atoms with Gasteiger partial charge in [0.25, 0.3) is 0 Å². The molecule has 0 aliphatic rings. The number of benzene rings is 2. The molecule has 1 atom stereocenters. The SMILES string of the molecule is CCCCC(CC)C(c1cc(C)cc(C)c1OCCO)c1cc(C)cc(C)c1OCCO. The highest BCUT2D eigenvalue weighted by Crippen LogP contribution is 2.46. The van der Waals surface area contributed by atoms with Gasteiger partial charge in [-0.3, -0.25) is 0 Å². The number of ether oxygens (including phenoxy) is 2. The summed E-state index contributed by atoms with van der Waals surface area (Å²) in [6.45, 7) is 13.4. The molecule has 32 heavy (non-hydrogen) atoms. The maximum Gasteiger partial charge on any atom is 0.126 e. The summed E-state index contributed by atoms with van der Waals surface area (Å²) >= 11 is 0. The summed E-state index contributed by atoms with van der Waals surface area (Å²) in [7, 11) is 0. The van der Waals surface area contributed by atoms with Gasteiger partial charge in [-0.05, 0) is 51.2 Å². The number of unbranched alkanes of at least 4 members (excludes halogenated alkanes) is 1. The quantitative estimate of drug-likeness (QED) is 0.399. The van der Waals surface area contributed by atoms with Crippen LogP contribution in [0, 0.1) is 33.6 Å². The molecule has 0 radical (unpaired) electrons. The smallest absolute Gasteiger partial charge is 0.126 e. The lowest BCUT2D eigenvalue weighted by Crippen LogP contribution is -2.19. The van der Waals surface area contributed by atoms with Crippen LogP contribution in [0.2, 0.25) is 0 Å². The molecule has 4 nitrogen and oxygen atoms in total. The molecule has 1 unspecified atom stereocenters. The van der Waals surface area contributed by atoms with Crippen LogP contribution in [0.4, 0.5) is 0 Å². The summed E-state index contributed by atoms with van der Waals surface area (Å²) in [5, 5.41) is 18.9. The minimum atomic E-state index is -0.0150. The van der Waals surface area contributed by atoms with Crippen LogP contribution in [0.5, 0.6) is 11.5 Å². The van der Waals surface area contributed by atoms with Gasteiger partial charge in [0, 0.05) is 17.0 Å². The number of hydrogen-bond donors (Lipinski definition) is 2. The zero-order valence-corrected chi connectivity index (χ0v) is 20.8. The van der Waals surface area contributed by atoms with E-state index in [0.717, 1.165) is 53.0 Å². The predicted molar refractivity (Wildman–Crippen MR) is 132 cm³/mol. The number of aliphatic hydroxyl groups excluding tert-OH is 2. The van der Waals surface area contributed by atoms with Crippen molar-refractivity contribution in [2.24, 2.45) is 5.92 Å². The Morgan fingerprint density at radius 1 is 0.750 bits per heavy atom. The fourth-order valence-corrected chi connectivity index (χ4v) is 4.87. The van der Waals surface area contributed by atoms with Gasteiger partial charge in [-0.2, -0.15) is 0 Å². The van der Waals surface area contributed by atoms with Gasteiger partial charge in [-0.1, -0.05) is 68.5 Å². The van der Waals surface area contributed by atoms with Gasteiger partial charge < -0.3 is 19.7 Å². The molecule has 0 heterocycles. The molecule has 2 N–H and O–H groups in total. The molecule has 0 saturated heterocycles. The van der Waals surface area contributed by atoms with Gasteiger partial charge >= 0.3 is 0 Å². The Morgan fingerprint density at radius 2 is 1.22 bits per heavy atom. The molecule has 4 heteroatoms. The molecule has 2 aromatic carbocycles. The van der Waals surface area contributed by atoms with Crippen LogP contribution in [0.3, 0.4) is 0 Å². The summed E-state index contributed by atoms with van der Waals surface area (Å²) in [6.07, 6.45) is 4.50. The molecule has 0 aromatic heterocycles. The zero-order valence-electron chi connectivity index (χ0n) is 20.8. The lowest BCUT2D eigenvalue weighted by Gasteiger charge is -2.32. The fourth-order valence-electron chi connectivity index (χ4n) is 4.87. The van der Waals surface area contributed by atoms with Crippen molar-refractivity contribution in [1.82, 2.24) is 0 Å². The Bertz CT molecular complexity index is 795. The molecule has 0 fully saturated rings. The van der Waals surface area contributed by atoms with Crippen molar-refractivity contribution < 1.29 is 19.7 Å². The second kappa shape index (κ2) is 12.9. The van der Waals surface area contributed by atoms with Crippen molar-refractivity contribution in [2.45, 2.75) is 73.1 Å². The summed E-state index contributed by atoms with van der Waals surface area (Å²) in [5.74, 6) is 2.27. The molecule has 2 rings (SSSR count). The first-order chi connectivity index (χ1) is 15.4. The summed E-state index contributed by atoms with van der Waals surface area (Å²) < 4.78 is 12.2. The van der Waals surface area contributed by atoms with E-state index in [0.29, 0.717) is 5.92 Å². The van der Waals surface area contributed by atoms with Crippen molar-refractivity contribution >= 4 is 0 Å². The van der Waals surface area contributed by atoms with Gasteiger partial charge in [0.1, 0.15) is 24.7 Å². The Balaban J connectivity index is 2.79. The van der Waals surface area contributed by atoms with Crippen LogP contribution >= 0.6 is 0 Å². The van der Waals surface area contributed by atoms with E-state index < -0.39 is 0 Å². The number of aliphatic hydroxyl groups is 2. The van der Waals surface area contributed by atoms with Crippen LogP contribution in [0.15, 0.2) is 24.3 Å². The van der Waals surface area contributed by atoms with Gasteiger partial charge in [0.15, 0.2) is 0 Å². The first kappa shape index (κ1) is 26.2. The second-order valence-corrected chi connectivity index (χ2v) is 8.93. The summed E-state index contributed by atoms with van der Waals surface area (Å²) in [5.41, 5.74) is 6.91. The van der Waals surface area contributed by atoms with E-state index in [4.69, 9.17) is 9.47 Å². The molecule has 178 valence electrons. The molecular formula is C28H42O4. The van der Waals surface area contributed by atoms with Crippen LogP contribution in [0.25, 0.3) is 0 Å². The maximum absolute atomic E-state index is 9.44. The highest BCUT2D eigenvalue weighted by Gasteiger charge is 2.30. The highest BCUT2D eigenvalue weighted by atomic mass is 16.5. The Kier molecular flexibility index (Phi) is 10.5. The Hall–Kier alpha value is -2.04. The maximum atomic E-state index is 9.44. The van der Waals surface area contributed by atoms with E-state index in [1.807, 2.05) is 0 Å². The average molecular weight is 443 g/mol. The van der Waals surface area contributed by atoms with Gasteiger partial charge in [0.05, 0.1) is 13.2 Å². The largest absolute Gasteiger partial charge is 0.491 e. The normalized spacial score (nSPS) is 12.3. The molecule has 0 amide bonds. The van der Waals surface area contributed by atoms with Crippen molar-refractivity contribution in [3.8, 4) is 11.5 Å². The molecule has 0 saturated carbocycles. The number of rotatable bonds is 13. The standard InChI is InChI=1S/C28H42O4/c1-7-9-10-23(8-2)26(24-17-19(3)15-21(5)27(24)31-13-11-29)25-18-20(4)16-22(6)28(25)32-14-12-30/h15-18,23,26,29-30H,7-14H2,1-6H3. The first-order valence-electron chi connectivity index (χ1n) is 12.1. The summed E-state index contributed by atoms with van der Waals surface area (Å²) in [4.78, 5) is 0. The van der Waals surface area contributed by atoms with Crippen LogP contribution < -0.4 is 9.47 Å². The van der Waals surface area contributed by atoms with Crippen molar-refractivity contribution in [3.63, 3.8) is 0 Å². The van der Waals surface area contributed by atoms with Gasteiger partial charge in [-0.25, -0.2) is 0 Å². The molecule has 2 aromatic rings. The topological polar surface area (TPSA) is 58.9 Å². The van der Waals surface area contributed by atoms with Crippen LogP contribution in [-0.4, -0.2) is 36.6 Å². The van der Waals surface area contributed by atoms with Gasteiger partial charge in [-0.15, -0.1) is 0 Å². The minimum absolute atomic E-state index is 0.0150. The third kappa shape index (κ3) is 6.49. The molecular weight excluding hydrogens is 400 g/mol. The van der Waals surface area contributed by atoms with E-state index in [1.54, 1.807) is 0 Å². The molecule has 0 spiro atoms. The minimum Gasteiger partial charge on any atom is -0.491 e. The summed E-state index contributed by atoms with van der Waals surface area (Å²) in [6, 6.07) is 8.77. The van der Waals surface area contributed by atoms with Crippen molar-refractivity contribution in [2.75, 3.05) is 26.4 Å². The predicted octanol–water partition coefficient (Wildman–Crippen LogP) is 6.01. The monoisotopic (exact) mass is 442 g/mol. The van der Waals surface area contributed by atoms with Gasteiger partial charge in [0.2, 0.25) is 0 Å². The average Bonchev–Trinajstić information content (AvgIpc) is 2.74.